The normalized spacial score (nSPS) is 14.7. The number of ether oxygens (including phenoxy) is 4. The fourth-order valence-electron chi connectivity index (χ4n) is 10.9. The third kappa shape index (κ3) is 63.9. The van der Waals surface area contributed by atoms with Gasteiger partial charge in [0.05, 0.1) is 26.4 Å². The van der Waals surface area contributed by atoms with Crippen LogP contribution in [-0.2, 0) is 65.4 Å². The van der Waals surface area contributed by atoms with Gasteiger partial charge in [-0.1, -0.05) is 318 Å². The summed E-state index contributed by atoms with van der Waals surface area (Å²) in [5.74, 6) is -0.557. The molecule has 91 heavy (non-hydrogen) atoms. The smallest absolute Gasteiger partial charge is 0.462 e. The van der Waals surface area contributed by atoms with Crippen LogP contribution in [-0.4, -0.2) is 96.7 Å². The van der Waals surface area contributed by atoms with E-state index in [-0.39, 0.29) is 25.7 Å². The summed E-state index contributed by atoms with van der Waals surface area (Å²) in [6.07, 6.45) is 49.8. The molecule has 0 heterocycles. The van der Waals surface area contributed by atoms with Gasteiger partial charge in [0.1, 0.15) is 19.3 Å². The Morgan fingerprint density at radius 3 is 0.780 bits per heavy atom. The Balaban J connectivity index is 5.23. The van der Waals surface area contributed by atoms with Gasteiger partial charge in [-0.2, -0.15) is 0 Å². The second kappa shape index (κ2) is 64.1. The van der Waals surface area contributed by atoms with Gasteiger partial charge in [-0.3, -0.25) is 37.3 Å². The van der Waals surface area contributed by atoms with Crippen LogP contribution >= 0.6 is 15.6 Å². The molecule has 0 aliphatic rings. The van der Waals surface area contributed by atoms with E-state index in [4.69, 9.17) is 37.0 Å². The molecule has 0 spiro atoms. The van der Waals surface area contributed by atoms with Gasteiger partial charge in [-0.05, 0) is 37.5 Å². The lowest BCUT2D eigenvalue weighted by Crippen LogP contribution is -2.30. The lowest BCUT2D eigenvalue weighted by Gasteiger charge is -2.21. The summed E-state index contributed by atoms with van der Waals surface area (Å²) in [6.45, 7) is 9.56. The van der Waals surface area contributed by atoms with Crippen molar-refractivity contribution in [2.45, 2.75) is 387 Å². The van der Waals surface area contributed by atoms with Crippen molar-refractivity contribution in [2.75, 3.05) is 39.6 Å². The largest absolute Gasteiger partial charge is 0.472 e. The Morgan fingerprint density at radius 2 is 0.527 bits per heavy atom. The fourth-order valence-corrected chi connectivity index (χ4v) is 12.5. The van der Waals surface area contributed by atoms with E-state index in [1.54, 1.807) is 0 Å². The number of aliphatic hydroxyl groups excluding tert-OH is 1. The molecule has 17 nitrogen and oxygen atoms in total. The number of carbonyl (C=O) groups excluding carboxylic acids is 4. The van der Waals surface area contributed by atoms with E-state index in [1.165, 1.54) is 186 Å². The summed E-state index contributed by atoms with van der Waals surface area (Å²) in [5.41, 5.74) is 0. The van der Waals surface area contributed by atoms with Crippen molar-refractivity contribution >= 4 is 39.5 Å². The summed E-state index contributed by atoms with van der Waals surface area (Å²) in [7, 11) is -9.90. The summed E-state index contributed by atoms with van der Waals surface area (Å²) in [4.78, 5) is 72.6. The molecule has 7 atom stereocenters. The first kappa shape index (κ1) is 89.1. The third-order valence-corrected chi connectivity index (χ3v) is 19.3. The topological polar surface area (TPSA) is 237 Å². The number of esters is 4. The van der Waals surface area contributed by atoms with E-state index >= 15 is 0 Å². The molecular formula is C72H140O17P2. The van der Waals surface area contributed by atoms with Gasteiger partial charge in [0.25, 0.3) is 0 Å². The predicted molar refractivity (Wildman–Crippen MR) is 368 cm³/mol. The molecule has 0 saturated heterocycles. The van der Waals surface area contributed by atoms with Crippen LogP contribution in [0.1, 0.15) is 369 Å². The average Bonchev–Trinajstić information content (AvgIpc) is 3.61. The van der Waals surface area contributed by atoms with Crippen LogP contribution in [0.2, 0.25) is 0 Å². The minimum absolute atomic E-state index is 0.103. The molecule has 0 aromatic rings. The maximum Gasteiger partial charge on any atom is 0.472 e. The molecule has 540 valence electrons. The molecule has 0 bridgehead atoms. The van der Waals surface area contributed by atoms with E-state index in [0.717, 1.165) is 102 Å². The highest BCUT2D eigenvalue weighted by molar-refractivity contribution is 7.47. The van der Waals surface area contributed by atoms with Gasteiger partial charge in [-0.15, -0.1) is 0 Å². The first-order chi connectivity index (χ1) is 43.9. The summed E-state index contributed by atoms with van der Waals surface area (Å²) in [6, 6.07) is 0. The number of hydrogen-bond donors (Lipinski definition) is 3. The molecule has 0 rings (SSSR count). The monoisotopic (exact) mass is 1340 g/mol. The van der Waals surface area contributed by atoms with Crippen LogP contribution < -0.4 is 0 Å². The summed E-state index contributed by atoms with van der Waals surface area (Å²) in [5, 5.41) is 10.6. The number of phosphoric acid groups is 2. The number of rotatable bonds is 71. The van der Waals surface area contributed by atoms with E-state index < -0.39 is 97.5 Å². The number of carbonyl (C=O) groups is 4. The molecule has 0 aliphatic carbocycles. The number of phosphoric ester groups is 2. The maximum atomic E-state index is 13.0. The lowest BCUT2D eigenvalue weighted by molar-refractivity contribution is -0.161. The Labute approximate surface area is 556 Å². The first-order valence-corrected chi connectivity index (χ1v) is 40.6. The van der Waals surface area contributed by atoms with Crippen molar-refractivity contribution in [1.29, 1.82) is 0 Å². The van der Waals surface area contributed by atoms with Crippen LogP contribution in [0.5, 0.6) is 0 Å². The van der Waals surface area contributed by atoms with Crippen molar-refractivity contribution in [3.8, 4) is 0 Å². The maximum absolute atomic E-state index is 13.0. The molecule has 0 aliphatic heterocycles. The van der Waals surface area contributed by atoms with Crippen molar-refractivity contribution in [2.24, 2.45) is 11.8 Å². The molecule has 3 N–H and O–H groups in total. The van der Waals surface area contributed by atoms with Gasteiger partial charge < -0.3 is 33.8 Å². The third-order valence-electron chi connectivity index (χ3n) is 17.4. The Morgan fingerprint density at radius 1 is 0.308 bits per heavy atom. The number of aliphatic hydroxyl groups is 1. The van der Waals surface area contributed by atoms with E-state index in [9.17, 15) is 43.2 Å². The molecule has 0 aromatic heterocycles. The average molecular weight is 1340 g/mol. The zero-order chi connectivity index (χ0) is 67.2. The van der Waals surface area contributed by atoms with Crippen molar-refractivity contribution in [3.05, 3.63) is 0 Å². The Bertz CT molecular complexity index is 1770. The zero-order valence-electron chi connectivity index (χ0n) is 59.1. The molecule has 0 radical (unpaired) electrons. The summed E-state index contributed by atoms with van der Waals surface area (Å²) < 4.78 is 68.3. The van der Waals surface area contributed by atoms with E-state index in [0.29, 0.717) is 25.7 Å². The van der Waals surface area contributed by atoms with Crippen LogP contribution in [0.4, 0.5) is 0 Å². The molecule has 19 heteroatoms. The van der Waals surface area contributed by atoms with Crippen LogP contribution in [0.3, 0.4) is 0 Å². The highest BCUT2D eigenvalue weighted by Gasteiger charge is 2.30. The molecule has 0 fully saturated rings. The zero-order valence-corrected chi connectivity index (χ0v) is 60.9. The van der Waals surface area contributed by atoms with Crippen molar-refractivity contribution in [1.82, 2.24) is 0 Å². The Hall–Kier alpha value is -1.94. The SMILES string of the molecule is CCCCCCCCCCCCCCCC(=O)OC[C@H](COP(=O)(O)OC[C@@H](O)COP(=O)(O)OC[C@@H](COC(=O)CCCCCCCCCCCC)OC(=O)CCCCCCCCC(C)CC)OC(=O)CCCCCCCCCCCCCCCCC(C)CC. The number of unbranched alkanes of at least 4 members (excludes halogenated alkanes) is 39. The molecule has 4 unspecified atom stereocenters. The predicted octanol–water partition coefficient (Wildman–Crippen LogP) is 20.8. The van der Waals surface area contributed by atoms with Crippen molar-refractivity contribution < 1.29 is 80.2 Å². The molecule has 0 amide bonds. The minimum Gasteiger partial charge on any atom is -0.462 e. The van der Waals surface area contributed by atoms with Crippen LogP contribution in [0, 0.1) is 11.8 Å². The second-order valence-electron chi connectivity index (χ2n) is 26.5. The fraction of sp³-hybridized carbons (Fsp3) is 0.944. The minimum atomic E-state index is -4.95. The Kier molecular flexibility index (Phi) is 62.7. The molecule has 0 aromatic carbocycles. The lowest BCUT2D eigenvalue weighted by atomic mass is 9.99. The second-order valence-corrected chi connectivity index (χ2v) is 29.4. The highest BCUT2D eigenvalue weighted by Crippen LogP contribution is 2.45. The van der Waals surface area contributed by atoms with Crippen LogP contribution in [0.15, 0.2) is 0 Å². The van der Waals surface area contributed by atoms with Gasteiger partial charge in [-0.25, -0.2) is 9.13 Å². The molecule has 0 saturated carbocycles. The van der Waals surface area contributed by atoms with Gasteiger partial charge in [0.2, 0.25) is 0 Å². The van der Waals surface area contributed by atoms with Gasteiger partial charge in [0, 0.05) is 25.7 Å². The quantitative estimate of drug-likeness (QED) is 0.0222. The first-order valence-electron chi connectivity index (χ1n) is 37.6. The molecular weight excluding hydrogens is 1200 g/mol. The standard InChI is InChI=1S/C72H140O17P2/c1-7-11-13-15-17-19-21-24-28-32-36-43-49-55-70(75)82-60-67(88-71(76)56-50-44-37-33-29-26-23-22-25-27-30-34-40-46-52-64(5)9-3)62-86-90(78,79)84-58-66(73)59-85-91(80,81)87-63-68(89-72(77)57-51-45-39-38-41-47-53-65(6)10-4)61-83-69(74)54-48-42-35-31-20-18-16-14-12-8-2/h64-68,73H,7-63H2,1-6H3,(H,78,79)(H,80,81)/t64?,65?,66-,67-,68-/m1/s1. The highest BCUT2D eigenvalue weighted by atomic mass is 31.2. The van der Waals surface area contributed by atoms with Crippen molar-refractivity contribution in [3.63, 3.8) is 0 Å². The van der Waals surface area contributed by atoms with E-state index in [2.05, 4.69) is 41.5 Å². The van der Waals surface area contributed by atoms with E-state index in [1.807, 2.05) is 0 Å². The van der Waals surface area contributed by atoms with Crippen LogP contribution in [0.25, 0.3) is 0 Å². The van der Waals surface area contributed by atoms with Gasteiger partial charge in [0.15, 0.2) is 12.2 Å². The summed E-state index contributed by atoms with van der Waals surface area (Å²) >= 11 is 0. The van der Waals surface area contributed by atoms with Gasteiger partial charge >= 0.3 is 39.5 Å². The number of hydrogen-bond acceptors (Lipinski definition) is 15.